The molecule has 20 heavy (non-hydrogen) atoms. The molecular weight excluding hydrogens is 268 g/mol. The fourth-order valence-corrected chi connectivity index (χ4v) is 0.927. The molecule has 8 nitrogen and oxygen atoms in total. The van der Waals surface area contributed by atoms with Crippen LogP contribution in [0.2, 0.25) is 0 Å². The van der Waals surface area contributed by atoms with Crippen molar-refractivity contribution in [3.8, 4) is 0 Å². The van der Waals surface area contributed by atoms with Gasteiger partial charge in [0.15, 0.2) is 0 Å². The van der Waals surface area contributed by atoms with Crippen LogP contribution in [-0.2, 0) is 23.8 Å². The zero-order valence-electron chi connectivity index (χ0n) is 11.2. The molecule has 0 fully saturated rings. The van der Waals surface area contributed by atoms with Crippen molar-refractivity contribution >= 4 is 18.0 Å². The number of amides is 2. The SMILES string of the molecule is C=CC(=O)NCOCC(=C)C(=O)OC(C)COC(N)=O. The minimum atomic E-state index is -0.951. The molecule has 112 valence electrons. The van der Waals surface area contributed by atoms with Gasteiger partial charge in [0, 0.05) is 0 Å². The summed E-state index contributed by atoms with van der Waals surface area (Å²) >= 11 is 0. The minimum absolute atomic E-state index is 0.0591. The normalized spacial score (nSPS) is 11.1. The van der Waals surface area contributed by atoms with E-state index < -0.39 is 24.1 Å². The average molecular weight is 286 g/mol. The van der Waals surface area contributed by atoms with Crippen LogP contribution in [0.25, 0.3) is 0 Å². The molecule has 0 bridgehead atoms. The number of hydrogen-bond donors (Lipinski definition) is 2. The Morgan fingerprint density at radius 3 is 2.60 bits per heavy atom. The molecule has 0 radical (unpaired) electrons. The molecule has 1 atom stereocenters. The van der Waals surface area contributed by atoms with Gasteiger partial charge in [0.05, 0.1) is 12.2 Å². The van der Waals surface area contributed by atoms with Crippen LogP contribution in [-0.4, -0.2) is 44.0 Å². The summed E-state index contributed by atoms with van der Waals surface area (Å²) in [5.41, 5.74) is 4.83. The highest BCUT2D eigenvalue weighted by Crippen LogP contribution is 2.00. The number of rotatable bonds is 9. The topological polar surface area (TPSA) is 117 Å². The molecule has 0 spiro atoms. The first-order valence-electron chi connectivity index (χ1n) is 5.65. The van der Waals surface area contributed by atoms with Crippen molar-refractivity contribution in [3.63, 3.8) is 0 Å². The first-order valence-corrected chi connectivity index (χ1v) is 5.65. The zero-order valence-corrected chi connectivity index (χ0v) is 11.2. The van der Waals surface area contributed by atoms with E-state index in [2.05, 4.69) is 23.2 Å². The Morgan fingerprint density at radius 1 is 1.40 bits per heavy atom. The van der Waals surface area contributed by atoms with E-state index in [1.54, 1.807) is 0 Å². The maximum Gasteiger partial charge on any atom is 0.404 e. The first-order chi connectivity index (χ1) is 9.36. The van der Waals surface area contributed by atoms with E-state index >= 15 is 0 Å². The average Bonchev–Trinajstić information content (AvgIpc) is 2.40. The summed E-state index contributed by atoms with van der Waals surface area (Å²) in [5.74, 6) is -1.09. The van der Waals surface area contributed by atoms with Crippen LogP contribution in [0, 0.1) is 0 Å². The molecule has 3 N–H and O–H groups in total. The van der Waals surface area contributed by atoms with Gasteiger partial charge in [-0.25, -0.2) is 9.59 Å². The third-order valence-electron chi connectivity index (χ3n) is 1.87. The van der Waals surface area contributed by atoms with Crippen LogP contribution in [0.3, 0.4) is 0 Å². The standard InChI is InChI=1S/C12H18N2O6/c1-4-10(15)14-7-18-5-8(2)11(16)20-9(3)6-19-12(13)17/h4,9H,1-2,5-7H2,3H3,(H2,13,17)(H,14,15). The smallest absolute Gasteiger partial charge is 0.404 e. The van der Waals surface area contributed by atoms with Crippen molar-refractivity contribution in [1.82, 2.24) is 5.32 Å². The maximum atomic E-state index is 11.5. The molecule has 0 aromatic heterocycles. The molecular formula is C12H18N2O6. The van der Waals surface area contributed by atoms with E-state index in [-0.39, 0.29) is 25.5 Å². The summed E-state index contributed by atoms with van der Waals surface area (Å²) in [6, 6.07) is 0. The molecule has 1 unspecified atom stereocenters. The van der Waals surface area contributed by atoms with E-state index in [0.29, 0.717) is 0 Å². The largest absolute Gasteiger partial charge is 0.456 e. The second-order valence-electron chi connectivity index (χ2n) is 3.69. The lowest BCUT2D eigenvalue weighted by molar-refractivity contribution is -0.145. The first kappa shape index (κ1) is 17.6. The number of esters is 1. The van der Waals surface area contributed by atoms with Gasteiger partial charge in [-0.3, -0.25) is 4.79 Å². The van der Waals surface area contributed by atoms with Crippen LogP contribution >= 0.6 is 0 Å². The summed E-state index contributed by atoms with van der Waals surface area (Å²) in [6.45, 7) is 7.92. The maximum absolute atomic E-state index is 11.5. The number of nitrogens with one attached hydrogen (secondary N) is 1. The van der Waals surface area contributed by atoms with Gasteiger partial charge >= 0.3 is 12.1 Å². The number of nitrogens with two attached hydrogens (primary N) is 1. The van der Waals surface area contributed by atoms with Gasteiger partial charge in [-0.2, -0.15) is 0 Å². The van der Waals surface area contributed by atoms with E-state index in [1.807, 2.05) is 0 Å². The highest BCUT2D eigenvalue weighted by atomic mass is 16.6. The number of carbonyl (C=O) groups excluding carboxylic acids is 3. The van der Waals surface area contributed by atoms with Crippen molar-refractivity contribution < 1.29 is 28.6 Å². The van der Waals surface area contributed by atoms with Gasteiger partial charge in [-0.1, -0.05) is 13.2 Å². The van der Waals surface area contributed by atoms with E-state index in [4.69, 9.17) is 15.2 Å². The Hall–Kier alpha value is -2.35. The molecule has 0 aliphatic carbocycles. The summed E-state index contributed by atoms with van der Waals surface area (Å²) < 4.78 is 14.4. The predicted molar refractivity (Wildman–Crippen MR) is 69.4 cm³/mol. The monoisotopic (exact) mass is 286 g/mol. The third kappa shape index (κ3) is 8.70. The molecule has 0 aromatic rings. The van der Waals surface area contributed by atoms with Gasteiger partial charge in [0.1, 0.15) is 19.4 Å². The third-order valence-corrected chi connectivity index (χ3v) is 1.87. The molecule has 8 heteroatoms. The van der Waals surface area contributed by atoms with Crippen molar-refractivity contribution in [3.05, 3.63) is 24.8 Å². The van der Waals surface area contributed by atoms with Crippen molar-refractivity contribution in [2.75, 3.05) is 19.9 Å². The van der Waals surface area contributed by atoms with Crippen molar-refractivity contribution in [1.29, 1.82) is 0 Å². The molecule has 0 aromatic carbocycles. The predicted octanol–water partition coefficient (Wildman–Crippen LogP) is -0.154. The number of ether oxygens (including phenoxy) is 3. The Bertz CT molecular complexity index is 393. The lowest BCUT2D eigenvalue weighted by Gasteiger charge is -2.14. The molecule has 0 rings (SSSR count). The molecule has 0 aliphatic heterocycles. The Balaban J connectivity index is 3.86. The highest BCUT2D eigenvalue weighted by Gasteiger charge is 2.14. The second kappa shape index (κ2) is 9.56. The van der Waals surface area contributed by atoms with E-state index in [1.165, 1.54) is 6.92 Å². The summed E-state index contributed by atoms with van der Waals surface area (Å²) in [5, 5.41) is 2.36. The lowest BCUT2D eigenvalue weighted by Crippen LogP contribution is -2.27. The van der Waals surface area contributed by atoms with Crippen molar-refractivity contribution in [2.45, 2.75) is 13.0 Å². The van der Waals surface area contributed by atoms with Gasteiger partial charge in [0.25, 0.3) is 0 Å². The Kier molecular flexibility index (Phi) is 8.44. The summed E-state index contributed by atoms with van der Waals surface area (Å²) in [7, 11) is 0. The Labute approximate surface area is 116 Å². The van der Waals surface area contributed by atoms with Crippen LogP contribution in [0.5, 0.6) is 0 Å². The molecule has 0 saturated heterocycles. The van der Waals surface area contributed by atoms with Gasteiger partial charge in [-0.05, 0) is 13.0 Å². The van der Waals surface area contributed by atoms with Gasteiger partial charge in [-0.15, -0.1) is 0 Å². The number of primary amides is 1. The summed E-state index contributed by atoms with van der Waals surface area (Å²) in [6.07, 6.45) is -0.521. The van der Waals surface area contributed by atoms with Crippen LogP contribution in [0.4, 0.5) is 4.79 Å². The summed E-state index contributed by atoms with van der Waals surface area (Å²) in [4.78, 5) is 32.7. The second-order valence-corrected chi connectivity index (χ2v) is 3.69. The van der Waals surface area contributed by atoms with Crippen LogP contribution < -0.4 is 11.1 Å². The van der Waals surface area contributed by atoms with E-state index in [0.717, 1.165) is 6.08 Å². The van der Waals surface area contributed by atoms with E-state index in [9.17, 15) is 14.4 Å². The Morgan fingerprint density at radius 2 is 2.05 bits per heavy atom. The van der Waals surface area contributed by atoms with Gasteiger partial charge < -0.3 is 25.3 Å². The molecule has 0 aliphatic rings. The number of carbonyl (C=O) groups is 3. The molecule has 0 saturated carbocycles. The zero-order chi connectivity index (χ0) is 15.5. The van der Waals surface area contributed by atoms with Crippen LogP contribution in [0.1, 0.15) is 6.92 Å². The fraction of sp³-hybridized carbons (Fsp3) is 0.417. The van der Waals surface area contributed by atoms with Crippen LogP contribution in [0.15, 0.2) is 24.8 Å². The fourth-order valence-electron chi connectivity index (χ4n) is 0.927. The van der Waals surface area contributed by atoms with Gasteiger partial charge in [0.2, 0.25) is 5.91 Å². The quantitative estimate of drug-likeness (QED) is 0.263. The molecule has 0 heterocycles. The lowest BCUT2D eigenvalue weighted by atomic mass is 10.3. The number of hydrogen-bond acceptors (Lipinski definition) is 6. The molecule has 2 amide bonds. The van der Waals surface area contributed by atoms with Crippen molar-refractivity contribution in [2.24, 2.45) is 5.73 Å². The minimum Gasteiger partial charge on any atom is -0.456 e. The highest BCUT2D eigenvalue weighted by molar-refractivity contribution is 5.88.